The van der Waals surface area contributed by atoms with Crippen LogP contribution in [0.5, 0.6) is 0 Å². The minimum Gasteiger partial charge on any atom is -0.382 e. The maximum Gasteiger partial charge on any atom is 0.124 e. The van der Waals surface area contributed by atoms with Crippen LogP contribution in [-0.2, 0) is 22.4 Å². The number of hydrogen-bond donors (Lipinski definition) is 0. The topological polar surface area (TPSA) is 60.1 Å². The van der Waals surface area contributed by atoms with Crippen LogP contribution in [0.2, 0.25) is 0 Å². The second-order valence-electron chi connectivity index (χ2n) is 4.46. The Hall–Kier alpha value is -1.90. The second-order valence-corrected chi connectivity index (χ2v) is 4.46. The smallest absolute Gasteiger partial charge is 0.124 e. The SMILES string of the molecule is COCCOCCCn1c(CC#N)nc2ccccc21. The van der Waals surface area contributed by atoms with Gasteiger partial charge in [-0.1, -0.05) is 12.1 Å². The normalized spacial score (nSPS) is 10.8. The fraction of sp³-hybridized carbons (Fsp3) is 0.467. The van der Waals surface area contributed by atoms with E-state index >= 15 is 0 Å². The molecule has 0 radical (unpaired) electrons. The number of methoxy groups -OCH3 is 1. The van der Waals surface area contributed by atoms with E-state index in [0.29, 0.717) is 26.2 Å². The van der Waals surface area contributed by atoms with Crippen LogP contribution in [0, 0.1) is 11.3 Å². The van der Waals surface area contributed by atoms with Crippen LogP contribution in [0.15, 0.2) is 24.3 Å². The summed E-state index contributed by atoms with van der Waals surface area (Å²) in [6, 6.07) is 10.1. The van der Waals surface area contributed by atoms with E-state index in [-0.39, 0.29) is 0 Å². The van der Waals surface area contributed by atoms with Gasteiger partial charge in [-0.15, -0.1) is 0 Å². The standard InChI is InChI=1S/C15H19N3O2/c1-19-11-12-20-10-4-9-18-14-6-3-2-5-13(14)17-15(18)7-8-16/h2-3,5-6H,4,7,9-12H2,1H3. The lowest BCUT2D eigenvalue weighted by atomic mass is 10.3. The third kappa shape index (κ3) is 3.56. The van der Waals surface area contributed by atoms with Crippen molar-refractivity contribution in [2.75, 3.05) is 26.9 Å². The van der Waals surface area contributed by atoms with E-state index in [1.807, 2.05) is 24.3 Å². The van der Waals surface area contributed by atoms with E-state index < -0.39 is 0 Å². The zero-order valence-electron chi connectivity index (χ0n) is 11.7. The molecule has 0 atom stereocenters. The molecule has 20 heavy (non-hydrogen) atoms. The molecule has 0 fully saturated rings. The molecule has 0 unspecified atom stereocenters. The van der Waals surface area contributed by atoms with Gasteiger partial charge in [-0.25, -0.2) is 4.98 Å². The molecule has 0 amide bonds. The highest BCUT2D eigenvalue weighted by Crippen LogP contribution is 2.16. The highest BCUT2D eigenvalue weighted by Gasteiger charge is 2.09. The minimum atomic E-state index is 0.333. The number of nitrogens with zero attached hydrogens (tertiary/aromatic N) is 3. The lowest BCUT2D eigenvalue weighted by Gasteiger charge is -2.08. The van der Waals surface area contributed by atoms with Crippen LogP contribution in [-0.4, -0.2) is 36.5 Å². The highest BCUT2D eigenvalue weighted by atomic mass is 16.5. The Morgan fingerprint density at radius 2 is 2.10 bits per heavy atom. The fourth-order valence-corrected chi connectivity index (χ4v) is 2.15. The molecule has 0 saturated carbocycles. The van der Waals surface area contributed by atoms with Crippen molar-refractivity contribution >= 4 is 11.0 Å². The Balaban J connectivity index is 2.00. The molecule has 5 nitrogen and oxygen atoms in total. The van der Waals surface area contributed by atoms with Crippen LogP contribution >= 0.6 is 0 Å². The van der Waals surface area contributed by atoms with E-state index in [0.717, 1.165) is 29.8 Å². The van der Waals surface area contributed by atoms with Gasteiger partial charge in [0.05, 0.1) is 36.7 Å². The van der Waals surface area contributed by atoms with Crippen molar-refractivity contribution in [2.24, 2.45) is 0 Å². The van der Waals surface area contributed by atoms with Gasteiger partial charge < -0.3 is 14.0 Å². The summed E-state index contributed by atoms with van der Waals surface area (Å²) in [5.74, 6) is 0.825. The lowest BCUT2D eigenvalue weighted by molar-refractivity contribution is 0.0680. The van der Waals surface area contributed by atoms with Gasteiger partial charge in [0.15, 0.2) is 0 Å². The first-order chi connectivity index (χ1) is 9.86. The third-order valence-corrected chi connectivity index (χ3v) is 3.07. The van der Waals surface area contributed by atoms with E-state index in [2.05, 4.69) is 15.6 Å². The maximum atomic E-state index is 8.90. The van der Waals surface area contributed by atoms with Crippen molar-refractivity contribution in [3.8, 4) is 6.07 Å². The summed E-state index contributed by atoms with van der Waals surface area (Å²) in [5.41, 5.74) is 2.02. The van der Waals surface area contributed by atoms with Gasteiger partial charge in [0.25, 0.3) is 0 Å². The number of aromatic nitrogens is 2. The molecular weight excluding hydrogens is 254 g/mol. The lowest BCUT2D eigenvalue weighted by Crippen LogP contribution is -2.08. The molecule has 1 aromatic heterocycles. The molecule has 106 valence electrons. The molecule has 0 bridgehead atoms. The zero-order valence-corrected chi connectivity index (χ0v) is 11.7. The maximum absolute atomic E-state index is 8.90. The fourth-order valence-electron chi connectivity index (χ4n) is 2.15. The Labute approximate surface area is 118 Å². The van der Waals surface area contributed by atoms with Crippen molar-refractivity contribution in [3.63, 3.8) is 0 Å². The van der Waals surface area contributed by atoms with Crippen LogP contribution in [0.1, 0.15) is 12.2 Å². The number of fused-ring (bicyclic) bond motifs is 1. The van der Waals surface area contributed by atoms with Crippen molar-refractivity contribution in [3.05, 3.63) is 30.1 Å². The number of nitriles is 1. The number of ether oxygens (including phenoxy) is 2. The zero-order chi connectivity index (χ0) is 14.2. The van der Waals surface area contributed by atoms with Crippen molar-refractivity contribution in [1.29, 1.82) is 5.26 Å². The molecule has 0 aliphatic heterocycles. The molecule has 0 aliphatic carbocycles. The molecule has 5 heteroatoms. The predicted molar refractivity (Wildman–Crippen MR) is 76.4 cm³/mol. The number of benzene rings is 1. The molecular formula is C15H19N3O2. The minimum absolute atomic E-state index is 0.333. The largest absolute Gasteiger partial charge is 0.382 e. The van der Waals surface area contributed by atoms with Crippen LogP contribution in [0.25, 0.3) is 11.0 Å². The summed E-state index contributed by atoms with van der Waals surface area (Å²) >= 11 is 0. The average Bonchev–Trinajstić information content (AvgIpc) is 2.81. The van der Waals surface area contributed by atoms with Gasteiger partial charge >= 0.3 is 0 Å². The van der Waals surface area contributed by atoms with Crippen molar-refractivity contribution < 1.29 is 9.47 Å². The number of imidazole rings is 1. The highest BCUT2D eigenvalue weighted by molar-refractivity contribution is 5.75. The summed E-state index contributed by atoms with van der Waals surface area (Å²) in [7, 11) is 1.66. The van der Waals surface area contributed by atoms with Crippen molar-refractivity contribution in [2.45, 2.75) is 19.4 Å². The molecule has 0 saturated heterocycles. The quantitative estimate of drug-likeness (QED) is 0.691. The number of aryl methyl sites for hydroxylation is 1. The first-order valence-electron chi connectivity index (χ1n) is 6.74. The van der Waals surface area contributed by atoms with Gasteiger partial charge in [0, 0.05) is 20.3 Å². The first kappa shape index (κ1) is 14.5. The monoisotopic (exact) mass is 273 g/mol. The summed E-state index contributed by atoms with van der Waals surface area (Å²) < 4.78 is 12.5. The van der Waals surface area contributed by atoms with Crippen LogP contribution in [0.3, 0.4) is 0 Å². The van der Waals surface area contributed by atoms with Gasteiger partial charge in [-0.05, 0) is 18.6 Å². The Morgan fingerprint density at radius 1 is 1.25 bits per heavy atom. The molecule has 0 aliphatic rings. The average molecular weight is 273 g/mol. The van der Waals surface area contributed by atoms with E-state index in [1.165, 1.54) is 0 Å². The van der Waals surface area contributed by atoms with Gasteiger partial charge in [0.1, 0.15) is 5.82 Å². The second kappa shape index (κ2) is 7.63. The molecule has 2 aromatic rings. The summed E-state index contributed by atoms with van der Waals surface area (Å²) in [4.78, 5) is 4.51. The first-order valence-corrected chi connectivity index (χ1v) is 6.74. The number of hydrogen-bond acceptors (Lipinski definition) is 4. The molecule has 1 aromatic carbocycles. The van der Waals surface area contributed by atoms with E-state index in [1.54, 1.807) is 7.11 Å². The van der Waals surface area contributed by atoms with E-state index in [4.69, 9.17) is 14.7 Å². The van der Waals surface area contributed by atoms with Crippen molar-refractivity contribution in [1.82, 2.24) is 9.55 Å². The Bertz CT molecular complexity index is 586. The Morgan fingerprint density at radius 3 is 2.90 bits per heavy atom. The summed E-state index contributed by atoms with van der Waals surface area (Å²) in [5, 5.41) is 8.90. The molecule has 0 N–H and O–H groups in total. The Kier molecular flexibility index (Phi) is 5.54. The number of rotatable bonds is 8. The number of para-hydroxylation sites is 2. The summed E-state index contributed by atoms with van der Waals surface area (Å²) in [6.07, 6.45) is 1.22. The molecule has 2 rings (SSSR count). The third-order valence-electron chi connectivity index (χ3n) is 3.07. The van der Waals surface area contributed by atoms with Gasteiger partial charge in [-0.2, -0.15) is 5.26 Å². The predicted octanol–water partition coefficient (Wildman–Crippen LogP) is 2.16. The van der Waals surface area contributed by atoms with Crippen LogP contribution < -0.4 is 0 Å². The van der Waals surface area contributed by atoms with E-state index in [9.17, 15) is 0 Å². The molecule has 0 spiro atoms. The summed E-state index contributed by atoms with van der Waals surface area (Å²) in [6.45, 7) is 2.73. The van der Waals surface area contributed by atoms with Gasteiger partial charge in [-0.3, -0.25) is 0 Å². The molecule has 1 heterocycles. The van der Waals surface area contributed by atoms with Crippen LogP contribution in [0.4, 0.5) is 0 Å². The van der Waals surface area contributed by atoms with Gasteiger partial charge in [0.2, 0.25) is 0 Å².